The van der Waals surface area contributed by atoms with E-state index in [1.54, 1.807) is 42.7 Å². The van der Waals surface area contributed by atoms with Gasteiger partial charge in [-0.3, -0.25) is 4.79 Å². The monoisotopic (exact) mass is 408 g/mol. The quantitative estimate of drug-likeness (QED) is 0.509. The average Bonchev–Trinajstić information content (AvgIpc) is 3.00. The third-order valence-electron chi connectivity index (χ3n) is 3.71. The van der Waals surface area contributed by atoms with Crippen LogP contribution in [0.3, 0.4) is 0 Å². The van der Waals surface area contributed by atoms with Crippen LogP contribution in [0.1, 0.15) is 10.5 Å². The first kappa shape index (κ1) is 16.3. The Kier molecular flexibility index (Phi) is 4.37. The maximum atomic E-state index is 12.6. The van der Waals surface area contributed by atoms with Crippen molar-refractivity contribution >= 4 is 38.4 Å². The van der Waals surface area contributed by atoms with E-state index in [4.69, 9.17) is 4.74 Å². The minimum Gasteiger partial charge on any atom is -0.424 e. The van der Waals surface area contributed by atoms with E-state index in [1.807, 2.05) is 24.3 Å². The Bertz CT molecular complexity index is 1080. The lowest BCUT2D eigenvalue weighted by molar-refractivity contribution is 0.102. The molecule has 0 radical (unpaired) electrons. The van der Waals surface area contributed by atoms with E-state index in [9.17, 15) is 4.79 Å². The molecule has 0 atom stereocenters. The summed E-state index contributed by atoms with van der Waals surface area (Å²) in [6.45, 7) is 0. The van der Waals surface area contributed by atoms with Crippen LogP contribution in [0.4, 0.5) is 5.69 Å². The van der Waals surface area contributed by atoms with Gasteiger partial charge in [-0.1, -0.05) is 24.3 Å². The fraction of sp³-hybridized carbons (Fsp3) is 0. The Morgan fingerprint density at radius 2 is 1.85 bits per heavy atom. The SMILES string of the molecule is O=C(Nc1cccc(Oc2ncccn2)c1)c1[nH]c2ccccc2c1Br. The van der Waals surface area contributed by atoms with Crippen molar-refractivity contribution < 1.29 is 9.53 Å². The zero-order chi connectivity index (χ0) is 17.9. The summed E-state index contributed by atoms with van der Waals surface area (Å²) >= 11 is 3.49. The molecular weight excluding hydrogens is 396 g/mol. The van der Waals surface area contributed by atoms with Crippen LogP contribution < -0.4 is 10.1 Å². The van der Waals surface area contributed by atoms with Crippen LogP contribution in [0, 0.1) is 0 Å². The van der Waals surface area contributed by atoms with Crippen molar-refractivity contribution in [3.05, 3.63) is 77.2 Å². The third kappa shape index (κ3) is 3.29. The van der Waals surface area contributed by atoms with Gasteiger partial charge in [-0.2, -0.15) is 0 Å². The number of halogens is 1. The number of aromatic amines is 1. The second-order valence-electron chi connectivity index (χ2n) is 5.47. The van der Waals surface area contributed by atoms with Gasteiger partial charge in [-0.25, -0.2) is 9.97 Å². The number of nitrogens with zero attached hydrogens (tertiary/aromatic N) is 2. The predicted molar refractivity (Wildman–Crippen MR) is 102 cm³/mol. The van der Waals surface area contributed by atoms with Crippen LogP contribution in [-0.2, 0) is 0 Å². The maximum Gasteiger partial charge on any atom is 0.321 e. The predicted octanol–water partition coefficient (Wildman–Crippen LogP) is 4.77. The summed E-state index contributed by atoms with van der Waals surface area (Å²) in [7, 11) is 0. The van der Waals surface area contributed by atoms with Gasteiger partial charge >= 0.3 is 6.01 Å². The summed E-state index contributed by atoms with van der Waals surface area (Å²) in [6, 6.07) is 16.7. The van der Waals surface area contributed by atoms with Gasteiger partial charge in [0.25, 0.3) is 5.91 Å². The molecule has 0 aliphatic rings. The van der Waals surface area contributed by atoms with Crippen molar-refractivity contribution in [2.75, 3.05) is 5.32 Å². The van der Waals surface area contributed by atoms with E-state index in [0.717, 1.165) is 15.4 Å². The van der Waals surface area contributed by atoms with Gasteiger partial charge in [0.2, 0.25) is 0 Å². The number of benzene rings is 2. The molecule has 4 rings (SSSR count). The highest BCUT2D eigenvalue weighted by Crippen LogP contribution is 2.29. The lowest BCUT2D eigenvalue weighted by atomic mass is 10.2. The summed E-state index contributed by atoms with van der Waals surface area (Å²) in [6.07, 6.45) is 3.20. The van der Waals surface area contributed by atoms with Gasteiger partial charge < -0.3 is 15.0 Å². The number of H-pyrrole nitrogens is 1. The van der Waals surface area contributed by atoms with E-state index >= 15 is 0 Å². The molecule has 0 unspecified atom stereocenters. The first-order valence-electron chi connectivity index (χ1n) is 7.83. The van der Waals surface area contributed by atoms with Crippen molar-refractivity contribution in [3.63, 3.8) is 0 Å². The van der Waals surface area contributed by atoms with Crippen molar-refractivity contribution in [3.8, 4) is 11.8 Å². The van der Waals surface area contributed by atoms with E-state index in [0.29, 0.717) is 17.1 Å². The number of anilines is 1. The minimum atomic E-state index is -0.249. The highest BCUT2D eigenvalue weighted by Gasteiger charge is 2.16. The molecule has 0 bridgehead atoms. The Hall–Kier alpha value is -3.19. The number of ether oxygens (including phenoxy) is 1. The Morgan fingerprint density at radius 1 is 1.04 bits per heavy atom. The van der Waals surface area contributed by atoms with Crippen LogP contribution in [0.5, 0.6) is 11.8 Å². The molecule has 2 aromatic heterocycles. The molecule has 0 saturated carbocycles. The van der Waals surface area contributed by atoms with Gasteiger partial charge in [0.15, 0.2) is 0 Å². The van der Waals surface area contributed by atoms with Gasteiger partial charge in [-0.05, 0) is 40.2 Å². The molecule has 4 aromatic rings. The summed E-state index contributed by atoms with van der Waals surface area (Å²) < 4.78 is 6.32. The molecule has 2 heterocycles. The van der Waals surface area contributed by atoms with Crippen LogP contribution >= 0.6 is 15.9 Å². The summed E-state index contributed by atoms with van der Waals surface area (Å²) in [4.78, 5) is 23.8. The molecule has 0 spiro atoms. The average molecular weight is 409 g/mol. The van der Waals surface area contributed by atoms with Crippen molar-refractivity contribution in [2.24, 2.45) is 0 Å². The lowest BCUT2D eigenvalue weighted by Crippen LogP contribution is -2.12. The molecule has 2 aromatic carbocycles. The van der Waals surface area contributed by atoms with Crippen molar-refractivity contribution in [2.45, 2.75) is 0 Å². The van der Waals surface area contributed by atoms with Crippen molar-refractivity contribution in [1.29, 1.82) is 0 Å². The van der Waals surface area contributed by atoms with Crippen LogP contribution in [-0.4, -0.2) is 20.9 Å². The fourth-order valence-corrected chi connectivity index (χ4v) is 3.16. The number of hydrogen-bond donors (Lipinski definition) is 2. The first-order valence-corrected chi connectivity index (χ1v) is 8.62. The summed E-state index contributed by atoms with van der Waals surface area (Å²) in [5, 5.41) is 3.82. The molecule has 128 valence electrons. The van der Waals surface area contributed by atoms with Gasteiger partial charge in [-0.15, -0.1) is 0 Å². The third-order valence-corrected chi connectivity index (χ3v) is 4.54. The number of carbonyl (C=O) groups excluding carboxylic acids is 1. The second kappa shape index (κ2) is 6.97. The Labute approximate surface area is 157 Å². The molecule has 0 fully saturated rings. The molecule has 26 heavy (non-hydrogen) atoms. The van der Waals surface area contributed by atoms with Gasteiger partial charge in [0.05, 0.1) is 4.47 Å². The largest absolute Gasteiger partial charge is 0.424 e. The lowest BCUT2D eigenvalue weighted by Gasteiger charge is -2.07. The molecule has 6 nitrogen and oxygen atoms in total. The Morgan fingerprint density at radius 3 is 2.65 bits per heavy atom. The number of carbonyl (C=O) groups is 1. The fourth-order valence-electron chi connectivity index (χ4n) is 2.54. The number of fused-ring (bicyclic) bond motifs is 1. The van der Waals surface area contributed by atoms with Crippen LogP contribution in [0.2, 0.25) is 0 Å². The van der Waals surface area contributed by atoms with Crippen molar-refractivity contribution in [1.82, 2.24) is 15.0 Å². The number of rotatable bonds is 4. The standard InChI is InChI=1S/C19H13BrN4O2/c20-16-14-7-1-2-8-15(14)24-17(16)18(25)23-12-5-3-6-13(11-12)26-19-21-9-4-10-22-19/h1-11,24H,(H,23,25). The molecule has 0 saturated heterocycles. The van der Waals surface area contributed by atoms with Crippen LogP contribution in [0.25, 0.3) is 10.9 Å². The van der Waals surface area contributed by atoms with Gasteiger partial charge in [0.1, 0.15) is 11.4 Å². The number of hydrogen-bond acceptors (Lipinski definition) is 4. The topological polar surface area (TPSA) is 79.9 Å². The highest BCUT2D eigenvalue weighted by molar-refractivity contribution is 9.10. The smallest absolute Gasteiger partial charge is 0.321 e. The number of para-hydroxylation sites is 1. The summed E-state index contributed by atoms with van der Waals surface area (Å²) in [5.41, 5.74) is 1.96. The van der Waals surface area contributed by atoms with Gasteiger partial charge in [0, 0.05) is 35.1 Å². The second-order valence-corrected chi connectivity index (χ2v) is 6.27. The first-order chi connectivity index (χ1) is 12.7. The zero-order valence-corrected chi connectivity index (χ0v) is 15.0. The molecule has 2 N–H and O–H groups in total. The number of nitrogens with one attached hydrogen (secondary N) is 2. The molecule has 0 aliphatic carbocycles. The molecular formula is C19H13BrN4O2. The summed E-state index contributed by atoms with van der Waals surface area (Å²) in [5.74, 6) is 0.283. The normalized spacial score (nSPS) is 10.7. The number of amides is 1. The van der Waals surface area contributed by atoms with Crippen LogP contribution in [0.15, 0.2) is 71.5 Å². The van der Waals surface area contributed by atoms with E-state index < -0.39 is 0 Å². The molecule has 7 heteroatoms. The minimum absolute atomic E-state index is 0.245. The van der Waals surface area contributed by atoms with E-state index in [1.165, 1.54) is 0 Å². The number of aromatic nitrogens is 3. The highest BCUT2D eigenvalue weighted by atomic mass is 79.9. The Balaban J connectivity index is 1.56. The molecule has 0 aliphatic heterocycles. The zero-order valence-electron chi connectivity index (χ0n) is 13.4. The van der Waals surface area contributed by atoms with E-state index in [-0.39, 0.29) is 11.9 Å². The van der Waals surface area contributed by atoms with E-state index in [2.05, 4.69) is 36.2 Å². The maximum absolute atomic E-state index is 12.6. The molecule has 1 amide bonds.